The second-order valence-electron chi connectivity index (χ2n) is 7.90. The molecule has 1 rings (SSSR count). The topological polar surface area (TPSA) is 168 Å². The Labute approximate surface area is 204 Å². The Bertz CT molecular complexity index is 849. The van der Waals surface area contributed by atoms with Crippen LogP contribution in [0.3, 0.4) is 0 Å². The van der Waals surface area contributed by atoms with Crippen molar-refractivity contribution >= 4 is 23.9 Å². The highest BCUT2D eigenvalue weighted by Crippen LogP contribution is 2.21. The molecule has 0 aliphatic rings. The van der Waals surface area contributed by atoms with E-state index in [0.717, 1.165) is 0 Å². The second-order valence-corrected chi connectivity index (χ2v) is 7.90. The number of rotatable bonds is 19. The maximum Gasteiger partial charge on any atom is 0.321 e. The number of para-hydroxylation sites is 1. The molecule has 0 spiro atoms. The van der Waals surface area contributed by atoms with Crippen molar-refractivity contribution in [2.75, 3.05) is 59.0 Å². The molecule has 4 N–H and O–H groups in total. The van der Waals surface area contributed by atoms with Crippen molar-refractivity contribution in [3.8, 4) is 5.75 Å². The predicted octanol–water partition coefficient (Wildman–Crippen LogP) is 0.261. The molecule has 0 radical (unpaired) electrons. The lowest BCUT2D eigenvalue weighted by Gasteiger charge is -2.31. The van der Waals surface area contributed by atoms with Gasteiger partial charge in [-0.05, 0) is 25.1 Å². The standard InChI is InChI=1S/C23H35N3O9/c1-3-24(14-20(27)28)9-10-25(15-21(29)30)11-12-26(16-22(31)32)18(23(33)34)13-17-7-5-6-8-19(17)35-4-2/h5-8,18H,3-4,9-16H2,1-2H3,(H,27,28)(H,29,30)(H,31,32)(H,33,34). The minimum absolute atomic E-state index is 0.0000583. The van der Waals surface area contributed by atoms with Crippen LogP contribution in [0.25, 0.3) is 0 Å². The number of carbonyl (C=O) groups is 4. The third-order valence-corrected chi connectivity index (χ3v) is 5.35. The van der Waals surface area contributed by atoms with Crippen molar-refractivity contribution in [1.29, 1.82) is 0 Å². The van der Waals surface area contributed by atoms with E-state index in [0.29, 0.717) is 31.0 Å². The van der Waals surface area contributed by atoms with Crippen LogP contribution in [0.2, 0.25) is 0 Å². The number of aliphatic carboxylic acids is 4. The Kier molecular flexibility index (Phi) is 13.3. The van der Waals surface area contributed by atoms with Crippen LogP contribution in [0.5, 0.6) is 5.75 Å². The van der Waals surface area contributed by atoms with E-state index in [1.807, 2.05) is 0 Å². The molecule has 1 unspecified atom stereocenters. The van der Waals surface area contributed by atoms with Crippen LogP contribution in [-0.2, 0) is 25.6 Å². The van der Waals surface area contributed by atoms with Gasteiger partial charge in [0.25, 0.3) is 0 Å². The molecule has 35 heavy (non-hydrogen) atoms. The number of hydrogen-bond donors (Lipinski definition) is 4. The first-order chi connectivity index (χ1) is 16.6. The second kappa shape index (κ2) is 15.6. The number of carboxylic acid groups (broad SMARTS) is 4. The normalized spacial score (nSPS) is 12.1. The minimum atomic E-state index is -1.21. The smallest absolute Gasteiger partial charge is 0.321 e. The van der Waals surface area contributed by atoms with Crippen molar-refractivity contribution in [3.63, 3.8) is 0 Å². The van der Waals surface area contributed by atoms with Crippen LogP contribution < -0.4 is 4.74 Å². The summed E-state index contributed by atoms with van der Waals surface area (Å²) in [7, 11) is 0. The highest BCUT2D eigenvalue weighted by atomic mass is 16.5. The first kappa shape index (κ1) is 29.8. The number of benzene rings is 1. The van der Waals surface area contributed by atoms with Gasteiger partial charge in [-0.3, -0.25) is 33.9 Å². The highest BCUT2D eigenvalue weighted by Gasteiger charge is 2.29. The maximum absolute atomic E-state index is 12.1. The van der Waals surface area contributed by atoms with Crippen molar-refractivity contribution in [1.82, 2.24) is 14.7 Å². The fourth-order valence-electron chi connectivity index (χ4n) is 3.62. The van der Waals surface area contributed by atoms with Crippen molar-refractivity contribution in [2.24, 2.45) is 0 Å². The summed E-state index contributed by atoms with van der Waals surface area (Å²) >= 11 is 0. The fraction of sp³-hybridized carbons (Fsp3) is 0.565. The Morgan fingerprint density at radius 1 is 0.800 bits per heavy atom. The summed E-state index contributed by atoms with van der Waals surface area (Å²) in [4.78, 5) is 50.4. The minimum Gasteiger partial charge on any atom is -0.494 e. The third kappa shape index (κ3) is 11.7. The first-order valence-electron chi connectivity index (χ1n) is 11.3. The van der Waals surface area contributed by atoms with Crippen molar-refractivity contribution in [3.05, 3.63) is 29.8 Å². The van der Waals surface area contributed by atoms with E-state index in [-0.39, 0.29) is 39.1 Å². The van der Waals surface area contributed by atoms with Gasteiger partial charge in [-0.25, -0.2) is 0 Å². The largest absolute Gasteiger partial charge is 0.494 e. The van der Waals surface area contributed by atoms with Gasteiger partial charge in [-0.1, -0.05) is 25.1 Å². The van der Waals surface area contributed by atoms with Crippen molar-refractivity contribution < 1.29 is 44.3 Å². The number of nitrogens with zero attached hydrogens (tertiary/aromatic N) is 3. The molecule has 1 atom stereocenters. The maximum atomic E-state index is 12.1. The molecule has 196 valence electrons. The van der Waals surface area contributed by atoms with Gasteiger partial charge in [0, 0.05) is 32.6 Å². The van der Waals surface area contributed by atoms with E-state index in [9.17, 15) is 34.5 Å². The molecule has 0 aliphatic carbocycles. The van der Waals surface area contributed by atoms with Crippen LogP contribution in [0.1, 0.15) is 19.4 Å². The average Bonchev–Trinajstić information content (AvgIpc) is 2.77. The lowest BCUT2D eigenvalue weighted by atomic mass is 10.0. The van der Waals surface area contributed by atoms with Gasteiger partial charge < -0.3 is 25.2 Å². The lowest BCUT2D eigenvalue weighted by Crippen LogP contribution is -2.49. The van der Waals surface area contributed by atoms with E-state index < -0.39 is 36.5 Å². The van der Waals surface area contributed by atoms with Crippen LogP contribution >= 0.6 is 0 Å². The predicted molar refractivity (Wildman–Crippen MR) is 126 cm³/mol. The number of ether oxygens (including phenoxy) is 1. The highest BCUT2D eigenvalue weighted by molar-refractivity contribution is 5.76. The summed E-state index contributed by atoms with van der Waals surface area (Å²) in [5.41, 5.74) is 0.617. The lowest BCUT2D eigenvalue weighted by molar-refractivity contribution is -0.147. The van der Waals surface area contributed by atoms with Crippen LogP contribution in [0.4, 0.5) is 0 Å². The molecule has 0 amide bonds. The molecule has 12 heteroatoms. The van der Waals surface area contributed by atoms with Crippen molar-refractivity contribution in [2.45, 2.75) is 26.3 Å². The quantitative estimate of drug-likeness (QED) is 0.206. The fourth-order valence-corrected chi connectivity index (χ4v) is 3.62. The molecule has 0 aromatic heterocycles. The zero-order chi connectivity index (χ0) is 26.4. The zero-order valence-electron chi connectivity index (χ0n) is 20.1. The van der Waals surface area contributed by atoms with Crippen LogP contribution in [0, 0.1) is 0 Å². The third-order valence-electron chi connectivity index (χ3n) is 5.35. The van der Waals surface area contributed by atoms with Gasteiger partial charge in [0.15, 0.2) is 0 Å². The Hall–Kier alpha value is -3.22. The molecule has 0 fully saturated rings. The molecule has 0 bridgehead atoms. The molecular weight excluding hydrogens is 462 g/mol. The molecule has 12 nitrogen and oxygen atoms in total. The van der Waals surface area contributed by atoms with Gasteiger partial charge in [0.1, 0.15) is 11.8 Å². The van der Waals surface area contributed by atoms with E-state index in [2.05, 4.69) is 0 Å². The Morgan fingerprint density at radius 2 is 1.34 bits per heavy atom. The summed E-state index contributed by atoms with van der Waals surface area (Å²) in [5.74, 6) is -4.00. The van der Waals surface area contributed by atoms with E-state index in [4.69, 9.17) is 9.84 Å². The summed E-state index contributed by atoms with van der Waals surface area (Å²) in [6, 6.07) is 5.75. The summed E-state index contributed by atoms with van der Waals surface area (Å²) in [6.45, 7) is 3.92. The van der Waals surface area contributed by atoms with Crippen LogP contribution in [-0.4, -0.2) is 124 Å². The average molecular weight is 498 g/mol. The molecule has 0 saturated carbocycles. The molecule has 0 heterocycles. The number of carboxylic acids is 4. The van der Waals surface area contributed by atoms with Gasteiger partial charge in [-0.15, -0.1) is 0 Å². The van der Waals surface area contributed by atoms with Crippen LogP contribution in [0.15, 0.2) is 24.3 Å². The van der Waals surface area contributed by atoms with Gasteiger partial charge in [0.05, 0.1) is 26.2 Å². The monoisotopic (exact) mass is 497 g/mol. The van der Waals surface area contributed by atoms with Gasteiger partial charge in [0.2, 0.25) is 0 Å². The molecule has 1 aromatic rings. The van der Waals surface area contributed by atoms with Gasteiger partial charge >= 0.3 is 23.9 Å². The van der Waals surface area contributed by atoms with E-state index in [1.165, 1.54) is 9.80 Å². The summed E-state index contributed by atoms with van der Waals surface area (Å²) in [6.07, 6.45) is -0.0000583. The first-order valence-corrected chi connectivity index (χ1v) is 11.3. The van der Waals surface area contributed by atoms with E-state index in [1.54, 1.807) is 43.0 Å². The molecule has 0 saturated heterocycles. The summed E-state index contributed by atoms with van der Waals surface area (Å²) < 4.78 is 5.57. The van der Waals surface area contributed by atoms with E-state index >= 15 is 0 Å². The summed E-state index contributed by atoms with van der Waals surface area (Å²) in [5, 5.41) is 37.6. The SMILES string of the molecule is CCOc1ccccc1CC(C(=O)O)N(CCN(CCN(CC)CC(=O)O)CC(=O)O)CC(=O)O. The molecule has 1 aromatic carbocycles. The number of hydrogen-bond acceptors (Lipinski definition) is 8. The van der Waals surface area contributed by atoms with Gasteiger partial charge in [-0.2, -0.15) is 0 Å². The zero-order valence-corrected chi connectivity index (χ0v) is 20.1. The molecular formula is C23H35N3O9. The molecule has 0 aliphatic heterocycles. The Balaban J connectivity index is 3.02. The number of likely N-dealkylation sites (N-methyl/N-ethyl adjacent to an activating group) is 1. The Morgan fingerprint density at radius 3 is 1.89 bits per heavy atom.